The largest absolute Gasteiger partial charge is 0.477 e. The summed E-state index contributed by atoms with van der Waals surface area (Å²) in [5.74, 6) is -2.67. The van der Waals surface area contributed by atoms with Crippen LogP contribution in [-0.2, 0) is 25.7 Å². The molecule has 1 aromatic heterocycles. The predicted molar refractivity (Wildman–Crippen MR) is 141 cm³/mol. The molecule has 6 atom stereocenters. The Hall–Kier alpha value is -3.73. The number of β-lactam (4-membered cyclic amide) rings is 1. The van der Waals surface area contributed by atoms with Gasteiger partial charge in [-0.1, -0.05) is 6.92 Å². The van der Waals surface area contributed by atoms with E-state index >= 15 is 0 Å². The molecule has 0 aliphatic carbocycles. The fourth-order valence-corrected chi connectivity index (χ4v) is 7.51. The van der Waals surface area contributed by atoms with Crippen molar-refractivity contribution in [1.29, 1.82) is 5.41 Å². The number of hydrogen-bond acceptors (Lipinski definition) is 10. The maximum atomic E-state index is 13.2. The maximum absolute atomic E-state index is 13.2. The van der Waals surface area contributed by atoms with Gasteiger partial charge in [0.2, 0.25) is 17.7 Å². The Labute approximate surface area is 234 Å². The van der Waals surface area contributed by atoms with Gasteiger partial charge in [-0.25, -0.2) is 9.48 Å². The number of rotatable bonds is 8. The summed E-state index contributed by atoms with van der Waals surface area (Å²) in [6.07, 6.45) is 1.85. The van der Waals surface area contributed by atoms with E-state index in [0.29, 0.717) is 44.0 Å². The molecular weight excluding hydrogens is 542 g/mol. The lowest BCUT2D eigenvalue weighted by molar-refractivity contribution is -0.158. The van der Waals surface area contributed by atoms with E-state index in [-0.39, 0.29) is 59.2 Å². The fraction of sp³-hybridized carbons (Fsp3) is 0.652. The van der Waals surface area contributed by atoms with Crippen molar-refractivity contribution in [2.75, 3.05) is 32.7 Å². The minimum Gasteiger partial charge on any atom is -0.477 e. The third kappa shape index (κ3) is 5.10. The molecule has 0 aromatic carbocycles. The predicted octanol–water partition coefficient (Wildman–Crippen LogP) is -2.55. The summed E-state index contributed by atoms with van der Waals surface area (Å²) < 4.78 is 1.27. The van der Waals surface area contributed by atoms with E-state index in [9.17, 15) is 24.3 Å². The first-order chi connectivity index (χ1) is 19.1. The zero-order valence-corrected chi connectivity index (χ0v) is 23.0. The topological polar surface area (TPSA) is 216 Å². The van der Waals surface area contributed by atoms with Crippen LogP contribution in [0.3, 0.4) is 0 Å². The van der Waals surface area contributed by atoms with Crippen LogP contribution in [0.4, 0.5) is 0 Å². The van der Waals surface area contributed by atoms with E-state index in [2.05, 4.69) is 26.2 Å². The molecule has 16 nitrogen and oxygen atoms in total. The minimum atomic E-state index is -1.17. The highest BCUT2D eigenvalue weighted by Gasteiger charge is 2.60. The number of carbonyl (C=O) groups excluding carboxylic acids is 3. The molecule has 3 saturated heterocycles. The van der Waals surface area contributed by atoms with E-state index < -0.39 is 17.9 Å². The molecular formula is C23H33N11O5S. The van der Waals surface area contributed by atoms with Crippen LogP contribution in [0.2, 0.25) is 0 Å². The normalized spacial score (nSPS) is 28.8. The fourth-order valence-electron chi connectivity index (χ4n) is 6.03. The first-order valence-electron chi connectivity index (χ1n) is 13.1. The van der Waals surface area contributed by atoms with Gasteiger partial charge in [-0.3, -0.25) is 19.8 Å². The number of nitrogens with two attached hydrogens (primary N) is 1. The van der Waals surface area contributed by atoms with E-state index in [1.54, 1.807) is 16.7 Å². The van der Waals surface area contributed by atoms with Gasteiger partial charge in [0.05, 0.1) is 18.0 Å². The average molecular weight is 576 g/mol. The summed E-state index contributed by atoms with van der Waals surface area (Å²) in [6.45, 7) is 6.09. The second kappa shape index (κ2) is 11.0. The average Bonchev–Trinajstić information content (AvgIpc) is 3.64. The molecule has 0 saturated carbocycles. The molecule has 0 radical (unpaired) electrons. The van der Waals surface area contributed by atoms with Crippen molar-refractivity contribution in [3.05, 3.63) is 16.9 Å². The molecule has 5 heterocycles. The van der Waals surface area contributed by atoms with Gasteiger partial charge in [0, 0.05) is 54.8 Å². The molecule has 4 aliphatic rings. The number of carboxylic acids is 1. The Bertz CT molecular complexity index is 1230. The number of nitrogens with zero attached hydrogens (tertiary/aromatic N) is 7. The van der Waals surface area contributed by atoms with Gasteiger partial charge < -0.3 is 36.2 Å². The summed E-state index contributed by atoms with van der Waals surface area (Å²) in [4.78, 5) is 56.5. The Morgan fingerprint density at radius 2 is 1.98 bits per heavy atom. The molecule has 4 aliphatic heterocycles. The van der Waals surface area contributed by atoms with Gasteiger partial charge in [-0.05, 0) is 23.8 Å². The first-order valence-corrected chi connectivity index (χ1v) is 14.0. The molecule has 3 fully saturated rings. The molecule has 40 heavy (non-hydrogen) atoms. The SMILES string of the molecule is C[C@@H](NC(=O)Cn1cnnn1)[C@H]1C(=O)N2C(C(=O)O)=C(S[C@@H]3CN[C@H](C(=O)N4CCN(C(=N)N)CC4)C3)[C@H](C)[C@H]12. The number of thioether (sulfide) groups is 1. The summed E-state index contributed by atoms with van der Waals surface area (Å²) in [5, 5.41) is 34.3. The molecule has 0 bridgehead atoms. The Kier molecular flexibility index (Phi) is 7.67. The number of fused-ring (bicyclic) bond motifs is 1. The highest BCUT2D eigenvalue weighted by molar-refractivity contribution is 8.03. The summed E-state index contributed by atoms with van der Waals surface area (Å²) >= 11 is 1.42. The summed E-state index contributed by atoms with van der Waals surface area (Å²) in [7, 11) is 0. The first kappa shape index (κ1) is 27.8. The number of carbonyl (C=O) groups is 4. The zero-order chi connectivity index (χ0) is 28.7. The third-order valence-electron chi connectivity index (χ3n) is 8.03. The molecule has 1 aromatic rings. The van der Waals surface area contributed by atoms with Crippen molar-refractivity contribution in [3.63, 3.8) is 0 Å². The van der Waals surface area contributed by atoms with Crippen LogP contribution in [-0.4, -0.2) is 126 Å². The van der Waals surface area contributed by atoms with Crippen molar-refractivity contribution in [1.82, 2.24) is 45.5 Å². The lowest BCUT2D eigenvalue weighted by Crippen LogP contribution is -2.66. The Morgan fingerprint density at radius 3 is 2.60 bits per heavy atom. The molecule has 216 valence electrons. The zero-order valence-electron chi connectivity index (χ0n) is 22.2. The molecule has 0 spiro atoms. The Balaban J connectivity index is 1.20. The van der Waals surface area contributed by atoms with Crippen LogP contribution in [0, 0.1) is 17.2 Å². The number of piperazine rings is 1. The van der Waals surface area contributed by atoms with Crippen molar-refractivity contribution in [2.24, 2.45) is 17.6 Å². The summed E-state index contributed by atoms with van der Waals surface area (Å²) in [5.41, 5.74) is 5.54. The summed E-state index contributed by atoms with van der Waals surface area (Å²) in [6, 6.07) is -1.28. The van der Waals surface area contributed by atoms with Crippen LogP contribution >= 0.6 is 11.8 Å². The van der Waals surface area contributed by atoms with E-state index in [0.717, 1.165) is 0 Å². The standard InChI is InChI=1S/C23H33N11O5S/c1-11-17-16(12(2)28-15(35)9-33-10-27-29-30-33)21(37)34(17)18(22(38)39)19(11)40-13-7-14(26-8-13)20(36)31-3-5-32(6-4-31)23(24)25/h10-14,16-17,26H,3-9H2,1-2H3,(H3,24,25)(H,28,35)(H,38,39)/t11-,12-,13+,14+,16-,17-/m1/s1. The van der Waals surface area contributed by atoms with E-state index in [4.69, 9.17) is 11.1 Å². The Morgan fingerprint density at radius 1 is 1.27 bits per heavy atom. The van der Waals surface area contributed by atoms with Crippen molar-refractivity contribution in [3.8, 4) is 0 Å². The van der Waals surface area contributed by atoms with Gasteiger partial charge in [-0.15, -0.1) is 16.9 Å². The van der Waals surface area contributed by atoms with Crippen molar-refractivity contribution in [2.45, 2.75) is 50.2 Å². The smallest absolute Gasteiger partial charge is 0.353 e. The van der Waals surface area contributed by atoms with Gasteiger partial charge in [0.25, 0.3) is 0 Å². The minimum absolute atomic E-state index is 0.00211. The number of nitrogens with one attached hydrogen (secondary N) is 3. The van der Waals surface area contributed by atoms with Crippen molar-refractivity contribution < 1.29 is 24.3 Å². The highest BCUT2D eigenvalue weighted by atomic mass is 32.2. The number of carboxylic acid groups (broad SMARTS) is 1. The number of tetrazole rings is 1. The van der Waals surface area contributed by atoms with E-state index in [1.807, 2.05) is 6.92 Å². The number of hydrogen-bond donors (Lipinski definition) is 5. The quantitative estimate of drug-likeness (QED) is 0.123. The molecule has 3 amide bonds. The van der Waals surface area contributed by atoms with E-state index in [1.165, 1.54) is 27.7 Å². The monoisotopic (exact) mass is 575 g/mol. The number of amides is 3. The maximum Gasteiger partial charge on any atom is 0.353 e. The highest BCUT2D eigenvalue weighted by Crippen LogP contribution is 2.51. The second-order valence-corrected chi connectivity index (χ2v) is 11.9. The third-order valence-corrected chi connectivity index (χ3v) is 9.54. The molecule has 0 unspecified atom stereocenters. The van der Waals surface area contributed by atoms with Gasteiger partial charge in [-0.2, -0.15) is 0 Å². The number of aliphatic carboxylic acids is 1. The van der Waals surface area contributed by atoms with Crippen LogP contribution in [0.1, 0.15) is 20.3 Å². The molecule has 5 rings (SSSR count). The number of guanidine groups is 1. The van der Waals surface area contributed by atoms with Crippen molar-refractivity contribution >= 4 is 41.4 Å². The molecule has 6 N–H and O–H groups in total. The number of aromatic nitrogens is 4. The van der Waals surface area contributed by atoms with Gasteiger partial charge >= 0.3 is 5.97 Å². The lowest BCUT2D eigenvalue weighted by Gasteiger charge is -2.47. The van der Waals surface area contributed by atoms with Crippen LogP contribution in [0.15, 0.2) is 16.9 Å². The molecule has 17 heteroatoms. The lowest BCUT2D eigenvalue weighted by atomic mass is 9.78. The van der Waals surface area contributed by atoms with Gasteiger partial charge in [0.15, 0.2) is 5.96 Å². The van der Waals surface area contributed by atoms with Crippen LogP contribution < -0.4 is 16.4 Å². The second-order valence-electron chi connectivity index (χ2n) is 10.5. The van der Waals surface area contributed by atoms with Crippen LogP contribution in [0.5, 0.6) is 0 Å². The van der Waals surface area contributed by atoms with Crippen LogP contribution in [0.25, 0.3) is 0 Å². The van der Waals surface area contributed by atoms with Gasteiger partial charge in [0.1, 0.15) is 18.6 Å².